The summed E-state index contributed by atoms with van der Waals surface area (Å²) in [5.74, 6) is -2.98. The van der Waals surface area contributed by atoms with Gasteiger partial charge in [0.2, 0.25) is 5.91 Å². The summed E-state index contributed by atoms with van der Waals surface area (Å²) >= 11 is 5.80. The van der Waals surface area contributed by atoms with Crippen molar-refractivity contribution in [3.8, 4) is 0 Å². The third-order valence-electron chi connectivity index (χ3n) is 3.41. The van der Waals surface area contributed by atoms with Gasteiger partial charge in [-0.25, -0.2) is 0 Å². The Morgan fingerprint density at radius 1 is 1.32 bits per heavy atom. The zero-order valence-electron chi connectivity index (χ0n) is 11.5. The number of nitrogens with zero attached hydrogens (tertiary/aromatic N) is 1. The largest absolute Gasteiger partial charge is 0.471 e. The number of halogens is 4. The van der Waals surface area contributed by atoms with E-state index in [1.54, 1.807) is 24.3 Å². The molecule has 2 amide bonds. The fraction of sp³-hybridized carbons (Fsp3) is 0.429. The topological polar surface area (TPSA) is 49.4 Å². The van der Waals surface area contributed by atoms with E-state index in [4.69, 9.17) is 11.6 Å². The van der Waals surface area contributed by atoms with Crippen molar-refractivity contribution in [3.05, 3.63) is 29.3 Å². The quantitative estimate of drug-likeness (QED) is 0.903. The van der Waals surface area contributed by atoms with Crippen molar-refractivity contribution < 1.29 is 22.8 Å². The van der Waals surface area contributed by atoms with Crippen molar-refractivity contribution >= 4 is 29.1 Å². The molecule has 0 spiro atoms. The van der Waals surface area contributed by atoms with Crippen molar-refractivity contribution in [2.45, 2.75) is 19.0 Å². The van der Waals surface area contributed by atoms with Gasteiger partial charge in [0, 0.05) is 23.8 Å². The van der Waals surface area contributed by atoms with Crippen LogP contribution in [0.15, 0.2) is 24.3 Å². The second kappa shape index (κ2) is 6.56. The lowest BCUT2D eigenvalue weighted by molar-refractivity contribution is -0.187. The predicted molar refractivity (Wildman–Crippen MR) is 75.4 cm³/mol. The van der Waals surface area contributed by atoms with Gasteiger partial charge in [-0.1, -0.05) is 17.7 Å². The summed E-state index contributed by atoms with van der Waals surface area (Å²) in [5.41, 5.74) is 0.469. The average molecular weight is 335 g/mol. The number of hydrogen-bond acceptors (Lipinski definition) is 2. The zero-order chi connectivity index (χ0) is 16.3. The van der Waals surface area contributed by atoms with Gasteiger partial charge in [0.1, 0.15) is 0 Å². The van der Waals surface area contributed by atoms with Crippen molar-refractivity contribution in [1.82, 2.24) is 4.90 Å². The first-order chi connectivity index (χ1) is 10.3. The van der Waals surface area contributed by atoms with Crippen LogP contribution < -0.4 is 5.32 Å². The number of likely N-dealkylation sites (tertiary alicyclic amines) is 1. The molecule has 1 aromatic rings. The maximum atomic E-state index is 12.4. The Labute approximate surface area is 130 Å². The summed E-state index contributed by atoms with van der Waals surface area (Å²) in [5, 5.41) is 3.05. The van der Waals surface area contributed by atoms with E-state index < -0.39 is 23.9 Å². The van der Waals surface area contributed by atoms with Crippen LogP contribution in [-0.2, 0) is 9.59 Å². The van der Waals surface area contributed by atoms with Crippen LogP contribution in [0.3, 0.4) is 0 Å². The van der Waals surface area contributed by atoms with Crippen LogP contribution in [0, 0.1) is 5.92 Å². The molecular weight excluding hydrogens is 321 g/mol. The van der Waals surface area contributed by atoms with Gasteiger partial charge in [0.05, 0.1) is 5.92 Å². The molecule has 1 N–H and O–H groups in total. The molecule has 0 radical (unpaired) electrons. The molecule has 1 aromatic carbocycles. The molecule has 1 saturated heterocycles. The maximum absolute atomic E-state index is 12.4. The summed E-state index contributed by atoms with van der Waals surface area (Å²) < 4.78 is 37.3. The molecule has 4 nitrogen and oxygen atoms in total. The van der Waals surface area contributed by atoms with E-state index in [0.29, 0.717) is 28.5 Å². The second-order valence-corrected chi connectivity index (χ2v) is 5.52. The number of rotatable bonds is 2. The minimum absolute atomic E-state index is 0.0132. The van der Waals surface area contributed by atoms with Gasteiger partial charge in [0.15, 0.2) is 0 Å². The summed E-state index contributed by atoms with van der Waals surface area (Å²) in [6.07, 6.45) is -4.12. The number of carbonyl (C=O) groups is 2. The summed E-state index contributed by atoms with van der Waals surface area (Å²) in [6.45, 7) is -0.218. The van der Waals surface area contributed by atoms with Gasteiger partial charge < -0.3 is 10.2 Å². The van der Waals surface area contributed by atoms with Gasteiger partial charge in [-0.15, -0.1) is 0 Å². The average Bonchev–Trinajstić information content (AvgIpc) is 2.45. The Kier molecular flexibility index (Phi) is 4.95. The number of amides is 2. The highest BCUT2D eigenvalue weighted by molar-refractivity contribution is 6.30. The molecule has 1 atom stereocenters. The van der Waals surface area contributed by atoms with Crippen LogP contribution in [0.4, 0.5) is 18.9 Å². The molecule has 0 saturated carbocycles. The molecule has 1 fully saturated rings. The molecule has 22 heavy (non-hydrogen) atoms. The predicted octanol–water partition coefficient (Wildman–Crippen LogP) is 3.08. The van der Waals surface area contributed by atoms with Crippen LogP contribution in [0.2, 0.25) is 5.02 Å². The molecule has 1 heterocycles. The summed E-state index contributed by atoms with van der Waals surface area (Å²) in [6, 6.07) is 6.46. The van der Waals surface area contributed by atoms with Gasteiger partial charge >= 0.3 is 12.1 Å². The van der Waals surface area contributed by atoms with Crippen LogP contribution >= 0.6 is 11.6 Å². The SMILES string of the molecule is O=C(Nc1cccc(Cl)c1)C1CCCN(C(=O)C(F)(F)F)C1. The highest BCUT2D eigenvalue weighted by Gasteiger charge is 2.44. The highest BCUT2D eigenvalue weighted by atomic mass is 35.5. The third kappa shape index (κ3) is 4.13. The number of nitrogens with one attached hydrogen (secondary N) is 1. The fourth-order valence-corrected chi connectivity index (χ4v) is 2.56. The molecule has 8 heteroatoms. The van der Waals surface area contributed by atoms with Gasteiger partial charge in [-0.3, -0.25) is 9.59 Å². The number of carbonyl (C=O) groups excluding carboxylic acids is 2. The molecule has 0 bridgehead atoms. The van der Waals surface area contributed by atoms with Gasteiger partial charge in [-0.05, 0) is 31.0 Å². The third-order valence-corrected chi connectivity index (χ3v) is 3.65. The maximum Gasteiger partial charge on any atom is 0.471 e. The van der Waals surface area contributed by atoms with E-state index in [1.165, 1.54) is 0 Å². The first-order valence-corrected chi connectivity index (χ1v) is 7.07. The molecular formula is C14H14ClF3N2O2. The number of benzene rings is 1. The monoisotopic (exact) mass is 334 g/mol. The lowest BCUT2D eigenvalue weighted by Crippen LogP contribution is -2.48. The molecule has 120 valence electrons. The minimum atomic E-state index is -4.91. The highest BCUT2D eigenvalue weighted by Crippen LogP contribution is 2.25. The normalized spacial score (nSPS) is 18.9. The van der Waals surface area contributed by atoms with E-state index in [2.05, 4.69) is 5.32 Å². The first kappa shape index (κ1) is 16.6. The second-order valence-electron chi connectivity index (χ2n) is 5.09. The lowest BCUT2D eigenvalue weighted by atomic mass is 9.97. The van der Waals surface area contributed by atoms with Crippen molar-refractivity contribution in [2.75, 3.05) is 18.4 Å². The van der Waals surface area contributed by atoms with Crippen molar-refractivity contribution in [3.63, 3.8) is 0 Å². The van der Waals surface area contributed by atoms with Crippen LogP contribution in [0.5, 0.6) is 0 Å². The van der Waals surface area contributed by atoms with Crippen LogP contribution in [-0.4, -0.2) is 36.0 Å². The smallest absolute Gasteiger partial charge is 0.334 e. The van der Waals surface area contributed by atoms with Crippen molar-refractivity contribution in [2.24, 2.45) is 5.92 Å². The molecule has 0 aromatic heterocycles. The Bertz CT molecular complexity index is 577. The number of anilines is 1. The van der Waals surface area contributed by atoms with Crippen LogP contribution in [0.25, 0.3) is 0 Å². The number of piperidine rings is 1. The standard InChI is InChI=1S/C14H14ClF3N2O2/c15-10-4-1-5-11(7-10)19-12(21)9-3-2-6-20(8-9)13(22)14(16,17)18/h1,4-5,7,9H,2-3,6,8H2,(H,19,21). The first-order valence-electron chi connectivity index (χ1n) is 6.70. The minimum Gasteiger partial charge on any atom is -0.334 e. The van der Waals surface area contributed by atoms with Crippen LogP contribution in [0.1, 0.15) is 12.8 Å². The molecule has 1 aliphatic heterocycles. The van der Waals surface area contributed by atoms with Gasteiger partial charge in [-0.2, -0.15) is 13.2 Å². The lowest BCUT2D eigenvalue weighted by Gasteiger charge is -2.32. The van der Waals surface area contributed by atoms with E-state index in [1.807, 2.05) is 0 Å². The zero-order valence-corrected chi connectivity index (χ0v) is 12.2. The van der Waals surface area contributed by atoms with E-state index in [9.17, 15) is 22.8 Å². The molecule has 1 unspecified atom stereocenters. The molecule has 1 aliphatic rings. The Morgan fingerprint density at radius 2 is 2.05 bits per heavy atom. The Balaban J connectivity index is 2.00. The fourth-order valence-electron chi connectivity index (χ4n) is 2.37. The van der Waals surface area contributed by atoms with E-state index in [-0.39, 0.29) is 13.1 Å². The molecule has 0 aliphatic carbocycles. The Hall–Kier alpha value is -1.76. The van der Waals surface area contributed by atoms with E-state index in [0.717, 1.165) is 0 Å². The van der Waals surface area contributed by atoms with Gasteiger partial charge in [0.25, 0.3) is 0 Å². The van der Waals surface area contributed by atoms with Crippen molar-refractivity contribution in [1.29, 1.82) is 0 Å². The summed E-state index contributed by atoms with van der Waals surface area (Å²) in [4.78, 5) is 24.1. The number of hydrogen-bond donors (Lipinski definition) is 1. The Morgan fingerprint density at radius 3 is 2.68 bits per heavy atom. The summed E-state index contributed by atoms with van der Waals surface area (Å²) in [7, 11) is 0. The number of alkyl halides is 3. The molecule has 2 rings (SSSR count). The van der Waals surface area contributed by atoms with E-state index >= 15 is 0 Å².